The molecule has 0 aliphatic heterocycles. The predicted octanol–water partition coefficient (Wildman–Crippen LogP) is 6.47. The van der Waals surface area contributed by atoms with E-state index in [1.54, 1.807) is 24.3 Å². The van der Waals surface area contributed by atoms with Crippen molar-refractivity contribution >= 4 is 28.9 Å². The number of amides is 1. The summed E-state index contributed by atoms with van der Waals surface area (Å²) in [5, 5.41) is 5.63. The Hall–Kier alpha value is -3.72. The molecule has 1 amide bonds. The minimum Gasteiger partial charge on any atom is -0.472 e. The molecule has 0 aliphatic rings. The van der Waals surface area contributed by atoms with Crippen molar-refractivity contribution in [1.82, 2.24) is 4.98 Å². The van der Waals surface area contributed by atoms with Crippen LogP contribution in [0.3, 0.4) is 0 Å². The predicted molar refractivity (Wildman–Crippen MR) is 112 cm³/mol. The Bertz CT molecular complexity index is 1240. The number of rotatable bonds is 6. The number of nitrogens with one attached hydrogen (secondary N) is 2. The van der Waals surface area contributed by atoms with E-state index in [2.05, 4.69) is 15.6 Å². The van der Waals surface area contributed by atoms with Gasteiger partial charge in [0.2, 0.25) is 5.89 Å². The van der Waals surface area contributed by atoms with Crippen molar-refractivity contribution in [2.24, 2.45) is 0 Å². The number of carbonyl (C=O) groups excluding carboxylic acids is 1. The normalized spacial score (nSPS) is 11.4. The Kier molecular flexibility index (Phi) is 5.91. The number of hydrogen-bond acceptors (Lipinski definition) is 5. The first-order valence-corrected chi connectivity index (χ1v) is 9.67. The number of furan rings is 1. The van der Waals surface area contributed by atoms with Crippen LogP contribution in [-0.4, -0.2) is 10.9 Å². The summed E-state index contributed by atoms with van der Waals surface area (Å²) in [5.41, 5.74) is -0.232. The van der Waals surface area contributed by atoms with Crippen LogP contribution in [0.4, 0.5) is 24.5 Å². The van der Waals surface area contributed by atoms with Gasteiger partial charge in [-0.1, -0.05) is 23.7 Å². The van der Waals surface area contributed by atoms with E-state index in [4.69, 9.17) is 20.4 Å². The molecule has 6 nitrogen and oxygen atoms in total. The Morgan fingerprint density at radius 1 is 1.12 bits per heavy atom. The number of aromatic nitrogens is 1. The molecule has 2 aromatic carbocycles. The van der Waals surface area contributed by atoms with Crippen LogP contribution in [0.1, 0.15) is 21.8 Å². The van der Waals surface area contributed by atoms with Gasteiger partial charge in [-0.05, 0) is 36.4 Å². The van der Waals surface area contributed by atoms with Gasteiger partial charge in [-0.3, -0.25) is 4.79 Å². The van der Waals surface area contributed by atoms with Crippen LogP contribution in [-0.2, 0) is 12.7 Å². The Morgan fingerprint density at radius 3 is 2.69 bits per heavy atom. The fraction of sp³-hybridized carbons (Fsp3) is 0.0909. The van der Waals surface area contributed by atoms with Gasteiger partial charge in [0, 0.05) is 22.0 Å². The van der Waals surface area contributed by atoms with Crippen LogP contribution in [0, 0.1) is 0 Å². The maximum Gasteiger partial charge on any atom is 0.418 e. The lowest BCUT2D eigenvalue weighted by atomic mass is 10.1. The number of oxazole rings is 1. The lowest BCUT2D eigenvalue weighted by molar-refractivity contribution is -0.136. The van der Waals surface area contributed by atoms with E-state index in [0.29, 0.717) is 16.3 Å². The molecule has 0 atom stereocenters. The van der Waals surface area contributed by atoms with Gasteiger partial charge in [-0.25, -0.2) is 4.98 Å². The standard InChI is InChI=1S/C22H15ClF3N3O3/c23-15-3-1-2-13(8-15)19-10-28-20(32-19)11-27-18-5-4-16(9-17(18)22(24,25)26)29-21(30)14-6-7-31-12-14/h1-10,12,27H,11H2,(H,29,30). The van der Waals surface area contributed by atoms with Crippen LogP contribution in [0.5, 0.6) is 0 Å². The summed E-state index contributed by atoms with van der Waals surface area (Å²) < 4.78 is 51.2. The highest BCUT2D eigenvalue weighted by atomic mass is 35.5. The van der Waals surface area contributed by atoms with Gasteiger partial charge in [0.05, 0.1) is 30.1 Å². The van der Waals surface area contributed by atoms with Crippen LogP contribution in [0.2, 0.25) is 5.02 Å². The lowest BCUT2D eigenvalue weighted by Gasteiger charge is -2.15. The highest BCUT2D eigenvalue weighted by molar-refractivity contribution is 6.30. The van der Waals surface area contributed by atoms with Gasteiger partial charge >= 0.3 is 6.18 Å². The highest BCUT2D eigenvalue weighted by Crippen LogP contribution is 2.37. The molecule has 4 aromatic rings. The fourth-order valence-electron chi connectivity index (χ4n) is 2.95. The monoisotopic (exact) mass is 461 g/mol. The zero-order valence-electron chi connectivity index (χ0n) is 16.2. The first kappa shape index (κ1) is 21.5. The minimum atomic E-state index is -4.65. The second kappa shape index (κ2) is 8.80. The average Bonchev–Trinajstić information content (AvgIpc) is 3.44. The van der Waals surface area contributed by atoms with Crippen molar-refractivity contribution in [2.75, 3.05) is 10.6 Å². The van der Waals surface area contributed by atoms with Gasteiger partial charge in [0.25, 0.3) is 5.91 Å². The Balaban J connectivity index is 1.50. The van der Waals surface area contributed by atoms with E-state index in [-0.39, 0.29) is 29.4 Å². The third-order valence-electron chi connectivity index (χ3n) is 4.46. The van der Waals surface area contributed by atoms with Crippen LogP contribution in [0.15, 0.2) is 76.1 Å². The van der Waals surface area contributed by atoms with E-state index < -0.39 is 17.6 Å². The molecule has 0 radical (unpaired) electrons. The molecule has 0 bridgehead atoms. The van der Waals surface area contributed by atoms with Crippen molar-refractivity contribution in [3.05, 3.63) is 89.3 Å². The average molecular weight is 462 g/mol. The number of halogens is 4. The number of nitrogens with zero attached hydrogens (tertiary/aromatic N) is 1. The summed E-state index contributed by atoms with van der Waals surface area (Å²) in [7, 11) is 0. The van der Waals surface area contributed by atoms with Crippen LogP contribution < -0.4 is 10.6 Å². The summed E-state index contributed by atoms with van der Waals surface area (Å²) in [6, 6.07) is 11.8. The molecule has 2 aromatic heterocycles. The third-order valence-corrected chi connectivity index (χ3v) is 4.69. The number of benzene rings is 2. The number of hydrogen-bond donors (Lipinski definition) is 2. The molecule has 10 heteroatoms. The molecule has 32 heavy (non-hydrogen) atoms. The maximum absolute atomic E-state index is 13.6. The first-order valence-electron chi connectivity index (χ1n) is 9.29. The molecular weight excluding hydrogens is 447 g/mol. The van der Waals surface area contributed by atoms with E-state index in [1.807, 2.05) is 0 Å². The van der Waals surface area contributed by atoms with Crippen molar-refractivity contribution in [2.45, 2.75) is 12.7 Å². The Morgan fingerprint density at radius 2 is 1.97 bits per heavy atom. The van der Waals surface area contributed by atoms with E-state index in [9.17, 15) is 18.0 Å². The van der Waals surface area contributed by atoms with Gasteiger partial charge in [0.1, 0.15) is 6.26 Å². The van der Waals surface area contributed by atoms with Crippen molar-refractivity contribution in [3.63, 3.8) is 0 Å². The molecule has 0 saturated heterocycles. The molecular formula is C22H15ClF3N3O3. The van der Waals surface area contributed by atoms with Crippen LogP contribution >= 0.6 is 11.6 Å². The summed E-state index contributed by atoms with van der Waals surface area (Å²) >= 11 is 5.96. The molecule has 0 fully saturated rings. The quantitative estimate of drug-likeness (QED) is 0.344. The van der Waals surface area contributed by atoms with Gasteiger partial charge in [-0.2, -0.15) is 13.2 Å². The molecule has 0 saturated carbocycles. The molecule has 2 heterocycles. The zero-order chi connectivity index (χ0) is 22.7. The molecule has 4 rings (SSSR count). The fourth-order valence-corrected chi connectivity index (χ4v) is 3.14. The Labute approximate surface area is 185 Å². The van der Waals surface area contributed by atoms with Crippen molar-refractivity contribution in [3.8, 4) is 11.3 Å². The topological polar surface area (TPSA) is 80.3 Å². The lowest BCUT2D eigenvalue weighted by Crippen LogP contribution is -2.14. The minimum absolute atomic E-state index is 0.00607. The second-order valence-electron chi connectivity index (χ2n) is 6.71. The smallest absolute Gasteiger partial charge is 0.418 e. The number of alkyl halides is 3. The van der Waals surface area contributed by atoms with Gasteiger partial charge in [-0.15, -0.1) is 0 Å². The number of carbonyl (C=O) groups is 1. The molecule has 0 unspecified atom stereocenters. The number of anilines is 2. The van der Waals surface area contributed by atoms with E-state index in [0.717, 1.165) is 6.07 Å². The SMILES string of the molecule is O=C(Nc1ccc(NCc2ncc(-c3cccc(Cl)c3)o2)c(C(F)(F)F)c1)c1ccoc1. The molecule has 164 valence electrons. The van der Waals surface area contributed by atoms with Crippen LogP contribution in [0.25, 0.3) is 11.3 Å². The zero-order valence-corrected chi connectivity index (χ0v) is 17.0. The van der Waals surface area contributed by atoms with E-state index >= 15 is 0 Å². The molecule has 0 spiro atoms. The highest BCUT2D eigenvalue weighted by Gasteiger charge is 2.34. The summed E-state index contributed by atoms with van der Waals surface area (Å²) in [6.07, 6.45) is -0.684. The van der Waals surface area contributed by atoms with Gasteiger partial charge in [0.15, 0.2) is 5.76 Å². The summed E-state index contributed by atoms with van der Waals surface area (Å²) in [5.74, 6) is 0.0593. The summed E-state index contributed by atoms with van der Waals surface area (Å²) in [6.45, 7) is -0.0790. The van der Waals surface area contributed by atoms with Crippen molar-refractivity contribution < 1.29 is 26.8 Å². The largest absolute Gasteiger partial charge is 0.472 e. The molecule has 2 N–H and O–H groups in total. The summed E-state index contributed by atoms with van der Waals surface area (Å²) in [4.78, 5) is 16.2. The van der Waals surface area contributed by atoms with E-state index in [1.165, 1.54) is 36.9 Å². The van der Waals surface area contributed by atoms with Crippen molar-refractivity contribution in [1.29, 1.82) is 0 Å². The first-order chi connectivity index (χ1) is 15.3. The maximum atomic E-state index is 13.6. The second-order valence-corrected chi connectivity index (χ2v) is 7.14. The molecule has 0 aliphatic carbocycles. The third kappa shape index (κ3) is 4.94. The van der Waals surface area contributed by atoms with Gasteiger partial charge < -0.3 is 19.5 Å².